The molecule has 0 saturated carbocycles. The Bertz CT molecular complexity index is 1640. The highest BCUT2D eigenvalue weighted by atomic mass is 19.1. The van der Waals surface area contributed by atoms with Gasteiger partial charge in [-0.2, -0.15) is 0 Å². The van der Waals surface area contributed by atoms with E-state index in [1.165, 1.54) is 43.9 Å². The third-order valence-electron chi connectivity index (χ3n) is 6.85. The van der Waals surface area contributed by atoms with Crippen LogP contribution in [0.25, 0.3) is 10.9 Å². The van der Waals surface area contributed by atoms with E-state index in [-0.39, 0.29) is 29.1 Å². The molecule has 1 saturated heterocycles. The minimum Gasteiger partial charge on any atom is -0.495 e. The van der Waals surface area contributed by atoms with Crippen LogP contribution < -0.4 is 20.1 Å². The molecule has 12 heteroatoms. The molecule has 1 amide bonds. The van der Waals surface area contributed by atoms with Crippen LogP contribution in [0.4, 0.5) is 21.6 Å². The molecule has 2 N–H and O–H groups in total. The number of rotatable bonds is 9. The number of fused-ring (bicyclic) bond motifs is 1. The zero-order valence-electron chi connectivity index (χ0n) is 23.1. The molecule has 5 rings (SSSR count). The van der Waals surface area contributed by atoms with E-state index < -0.39 is 11.8 Å². The molecule has 1 aliphatic rings. The van der Waals surface area contributed by atoms with Gasteiger partial charge in [-0.15, -0.1) is 0 Å². The Morgan fingerprint density at radius 2 is 1.81 bits per heavy atom. The highest BCUT2D eigenvalue weighted by Gasteiger charge is 2.23. The number of nitrogens with one attached hydrogen (secondary N) is 2. The van der Waals surface area contributed by atoms with Crippen molar-refractivity contribution in [3.63, 3.8) is 0 Å². The van der Waals surface area contributed by atoms with Gasteiger partial charge in [0, 0.05) is 48.9 Å². The summed E-state index contributed by atoms with van der Waals surface area (Å²) in [5.41, 5.74) is 1.60. The molecule has 0 spiro atoms. The van der Waals surface area contributed by atoms with Crippen LogP contribution in [-0.4, -0.2) is 65.1 Å². The first-order valence-electron chi connectivity index (χ1n) is 13.2. The monoisotopic (exact) mass is 572 g/mol. The SMILES string of the molecule is C=CC(=O)N1CCC(Nc2cc3c(Nc4ccc(Oc5ccnc(C(=O)OC)c5)cc4F)ncnc3cc2OC)CC1. The van der Waals surface area contributed by atoms with Gasteiger partial charge in [0.15, 0.2) is 5.69 Å². The fourth-order valence-corrected chi connectivity index (χ4v) is 4.67. The summed E-state index contributed by atoms with van der Waals surface area (Å²) in [4.78, 5) is 38.1. The maximum absolute atomic E-state index is 15.2. The fourth-order valence-electron chi connectivity index (χ4n) is 4.67. The second-order valence-corrected chi connectivity index (χ2v) is 9.48. The number of hydrogen-bond donors (Lipinski definition) is 2. The predicted octanol–water partition coefficient (Wildman–Crippen LogP) is 5.08. The largest absolute Gasteiger partial charge is 0.495 e. The third kappa shape index (κ3) is 6.22. The number of anilines is 3. The van der Waals surface area contributed by atoms with E-state index in [1.807, 2.05) is 6.07 Å². The Hall–Kier alpha value is -5.26. The molecule has 0 atom stereocenters. The molecule has 4 aromatic rings. The van der Waals surface area contributed by atoms with Crippen LogP contribution in [0.1, 0.15) is 23.3 Å². The standard InChI is InChI=1S/C30H29FN6O5/c1-4-28(38)37-11-8-18(9-12-37)35-25-15-21-24(16-27(25)40-2)33-17-34-29(21)36-23-6-5-19(13-22(23)31)42-20-7-10-32-26(14-20)30(39)41-3/h4-7,10,13-18,35H,1,8-9,11-12H2,2-3H3,(H,33,34,36). The molecule has 0 bridgehead atoms. The number of likely N-dealkylation sites (tertiary alicyclic amines) is 1. The van der Waals surface area contributed by atoms with E-state index in [0.717, 1.165) is 18.5 Å². The Kier molecular flexibility index (Phi) is 8.42. The van der Waals surface area contributed by atoms with Crippen molar-refractivity contribution in [1.82, 2.24) is 19.9 Å². The highest BCUT2D eigenvalue weighted by molar-refractivity contribution is 5.95. The van der Waals surface area contributed by atoms with E-state index in [9.17, 15) is 9.59 Å². The van der Waals surface area contributed by atoms with Gasteiger partial charge < -0.3 is 29.7 Å². The molecule has 2 aromatic heterocycles. The van der Waals surface area contributed by atoms with Crippen LogP contribution in [0.15, 0.2) is 67.6 Å². The number of halogens is 1. The molecule has 0 unspecified atom stereocenters. The summed E-state index contributed by atoms with van der Waals surface area (Å²) in [6, 6.07) is 11.1. The van der Waals surface area contributed by atoms with E-state index in [2.05, 4.69) is 36.9 Å². The smallest absolute Gasteiger partial charge is 0.356 e. The fraction of sp³-hybridized carbons (Fsp3) is 0.233. The molecule has 0 radical (unpaired) electrons. The Morgan fingerprint density at radius 1 is 1.02 bits per heavy atom. The third-order valence-corrected chi connectivity index (χ3v) is 6.85. The molecule has 0 aliphatic carbocycles. The Balaban J connectivity index is 1.35. The normalized spacial score (nSPS) is 13.4. The number of carbonyl (C=O) groups is 2. The number of carbonyl (C=O) groups excluding carboxylic acids is 2. The minimum absolute atomic E-state index is 0.0681. The van der Waals surface area contributed by atoms with Crippen molar-refractivity contribution in [3.8, 4) is 17.2 Å². The number of esters is 1. The van der Waals surface area contributed by atoms with Crippen molar-refractivity contribution >= 4 is 40.0 Å². The lowest BCUT2D eigenvalue weighted by Gasteiger charge is -2.32. The average molecular weight is 573 g/mol. The lowest BCUT2D eigenvalue weighted by Crippen LogP contribution is -2.41. The van der Waals surface area contributed by atoms with Gasteiger partial charge in [0.05, 0.1) is 31.1 Å². The lowest BCUT2D eigenvalue weighted by molar-refractivity contribution is -0.126. The zero-order chi connectivity index (χ0) is 29.6. The molecule has 11 nitrogen and oxygen atoms in total. The van der Waals surface area contributed by atoms with Crippen LogP contribution in [0.5, 0.6) is 17.2 Å². The van der Waals surface area contributed by atoms with E-state index >= 15 is 4.39 Å². The summed E-state index contributed by atoms with van der Waals surface area (Å²) in [6.45, 7) is 4.81. The zero-order valence-corrected chi connectivity index (χ0v) is 23.1. The highest BCUT2D eigenvalue weighted by Crippen LogP contribution is 2.35. The van der Waals surface area contributed by atoms with Crippen LogP contribution in [0, 0.1) is 5.82 Å². The summed E-state index contributed by atoms with van der Waals surface area (Å²) < 4.78 is 31.2. The summed E-state index contributed by atoms with van der Waals surface area (Å²) >= 11 is 0. The number of piperidine rings is 1. The van der Waals surface area contributed by atoms with Gasteiger partial charge >= 0.3 is 5.97 Å². The number of pyridine rings is 1. The van der Waals surface area contributed by atoms with Gasteiger partial charge in [0.1, 0.15) is 35.2 Å². The Labute approximate surface area is 241 Å². The number of amides is 1. The first-order chi connectivity index (χ1) is 20.4. The maximum atomic E-state index is 15.2. The number of ether oxygens (including phenoxy) is 3. The molecule has 1 aliphatic heterocycles. The van der Waals surface area contributed by atoms with Gasteiger partial charge in [0.2, 0.25) is 5.91 Å². The van der Waals surface area contributed by atoms with E-state index in [4.69, 9.17) is 9.47 Å². The van der Waals surface area contributed by atoms with Gasteiger partial charge in [-0.25, -0.2) is 24.1 Å². The first kappa shape index (κ1) is 28.3. The average Bonchev–Trinajstić information content (AvgIpc) is 3.02. The van der Waals surface area contributed by atoms with Crippen molar-refractivity contribution in [1.29, 1.82) is 0 Å². The predicted molar refractivity (Wildman–Crippen MR) is 155 cm³/mol. The second kappa shape index (κ2) is 12.5. The van der Waals surface area contributed by atoms with Crippen molar-refractivity contribution in [2.24, 2.45) is 0 Å². The summed E-state index contributed by atoms with van der Waals surface area (Å²) in [5, 5.41) is 7.24. The molecule has 3 heterocycles. The second-order valence-electron chi connectivity index (χ2n) is 9.48. The molecule has 2 aromatic carbocycles. The molecule has 42 heavy (non-hydrogen) atoms. The van der Waals surface area contributed by atoms with Crippen LogP contribution in [0.3, 0.4) is 0 Å². The number of aromatic nitrogens is 3. The van der Waals surface area contributed by atoms with E-state index in [0.29, 0.717) is 41.3 Å². The van der Waals surface area contributed by atoms with Gasteiger partial charge in [0.25, 0.3) is 0 Å². The molecule has 216 valence electrons. The number of nitrogens with zero attached hydrogens (tertiary/aromatic N) is 4. The Morgan fingerprint density at radius 3 is 2.52 bits per heavy atom. The van der Waals surface area contributed by atoms with Crippen molar-refractivity contribution in [3.05, 3.63) is 79.2 Å². The lowest BCUT2D eigenvalue weighted by atomic mass is 10.0. The summed E-state index contributed by atoms with van der Waals surface area (Å²) in [6.07, 6.45) is 5.65. The van der Waals surface area contributed by atoms with Crippen LogP contribution in [0.2, 0.25) is 0 Å². The van der Waals surface area contributed by atoms with Gasteiger partial charge in [-0.05, 0) is 43.2 Å². The van der Waals surface area contributed by atoms with E-state index in [1.54, 1.807) is 30.2 Å². The number of benzene rings is 2. The minimum atomic E-state index is -0.607. The van der Waals surface area contributed by atoms with Gasteiger partial charge in [-0.3, -0.25) is 4.79 Å². The van der Waals surface area contributed by atoms with Gasteiger partial charge in [-0.1, -0.05) is 6.58 Å². The first-order valence-corrected chi connectivity index (χ1v) is 13.2. The molecular weight excluding hydrogens is 543 g/mol. The molecular formula is C30H29FN6O5. The number of hydrogen-bond acceptors (Lipinski definition) is 10. The molecule has 1 fully saturated rings. The van der Waals surface area contributed by atoms with Crippen molar-refractivity contribution in [2.75, 3.05) is 37.9 Å². The summed E-state index contributed by atoms with van der Waals surface area (Å²) in [5.74, 6) is 0.293. The van der Waals surface area contributed by atoms with Crippen LogP contribution in [-0.2, 0) is 9.53 Å². The van der Waals surface area contributed by atoms with Crippen molar-refractivity contribution < 1.29 is 28.2 Å². The topological polar surface area (TPSA) is 128 Å². The van der Waals surface area contributed by atoms with Crippen molar-refractivity contribution in [2.45, 2.75) is 18.9 Å². The maximum Gasteiger partial charge on any atom is 0.356 e. The summed E-state index contributed by atoms with van der Waals surface area (Å²) in [7, 11) is 2.84. The van der Waals surface area contributed by atoms with Crippen LogP contribution >= 0.6 is 0 Å². The quantitative estimate of drug-likeness (QED) is 0.207. The number of methoxy groups -OCH3 is 2.